The molecular formula is C17H17N7. The summed E-state index contributed by atoms with van der Waals surface area (Å²) in [6.07, 6.45) is 7.24. The normalized spacial score (nSPS) is 11.1. The SMILES string of the molecule is Cc1nccn1-c1ccccc1CNc1ncc2ncn(C)c2n1. The van der Waals surface area contributed by atoms with Crippen LogP contribution in [0.15, 0.2) is 49.2 Å². The summed E-state index contributed by atoms with van der Waals surface area (Å²) >= 11 is 0. The van der Waals surface area contributed by atoms with Gasteiger partial charge in [-0.1, -0.05) is 18.2 Å². The lowest BCUT2D eigenvalue weighted by Gasteiger charge is -2.12. The van der Waals surface area contributed by atoms with Crippen LogP contribution in [-0.4, -0.2) is 29.1 Å². The zero-order chi connectivity index (χ0) is 16.5. The van der Waals surface area contributed by atoms with E-state index >= 15 is 0 Å². The first-order valence-electron chi connectivity index (χ1n) is 7.68. The molecule has 0 bridgehead atoms. The van der Waals surface area contributed by atoms with Gasteiger partial charge in [0.05, 0.1) is 18.2 Å². The average molecular weight is 319 g/mol. The Bertz CT molecular complexity index is 999. The van der Waals surface area contributed by atoms with E-state index in [1.54, 1.807) is 18.7 Å². The number of imidazole rings is 2. The topological polar surface area (TPSA) is 73.5 Å². The van der Waals surface area contributed by atoms with Gasteiger partial charge in [0, 0.05) is 26.0 Å². The fourth-order valence-electron chi connectivity index (χ4n) is 2.71. The molecule has 7 nitrogen and oxygen atoms in total. The van der Waals surface area contributed by atoms with Crippen LogP contribution in [0.2, 0.25) is 0 Å². The van der Waals surface area contributed by atoms with Crippen molar-refractivity contribution in [1.29, 1.82) is 0 Å². The first-order valence-corrected chi connectivity index (χ1v) is 7.68. The second kappa shape index (κ2) is 5.77. The summed E-state index contributed by atoms with van der Waals surface area (Å²) in [6.45, 7) is 2.61. The van der Waals surface area contributed by atoms with E-state index in [1.165, 1.54) is 0 Å². The number of hydrogen-bond acceptors (Lipinski definition) is 5. The van der Waals surface area contributed by atoms with Gasteiger partial charge in [-0.15, -0.1) is 0 Å². The van der Waals surface area contributed by atoms with E-state index in [9.17, 15) is 0 Å². The van der Waals surface area contributed by atoms with Crippen LogP contribution in [0.4, 0.5) is 5.95 Å². The molecule has 7 heteroatoms. The number of rotatable bonds is 4. The van der Waals surface area contributed by atoms with Crippen molar-refractivity contribution in [1.82, 2.24) is 29.1 Å². The monoisotopic (exact) mass is 319 g/mol. The molecule has 4 rings (SSSR count). The van der Waals surface area contributed by atoms with E-state index in [-0.39, 0.29) is 0 Å². The molecule has 0 aliphatic heterocycles. The van der Waals surface area contributed by atoms with E-state index in [2.05, 4.69) is 42.0 Å². The largest absolute Gasteiger partial charge is 0.350 e. The van der Waals surface area contributed by atoms with Crippen molar-refractivity contribution in [3.63, 3.8) is 0 Å². The standard InChI is InChI=1S/C17H17N7/c1-12-18-7-8-24(12)15-6-4-3-5-13(15)9-19-17-20-10-14-16(22-17)23(2)11-21-14/h3-8,10-11H,9H2,1-2H3,(H,19,20,22). The lowest BCUT2D eigenvalue weighted by atomic mass is 10.1. The highest BCUT2D eigenvalue weighted by molar-refractivity contribution is 5.70. The van der Waals surface area contributed by atoms with Crippen LogP contribution < -0.4 is 5.32 Å². The average Bonchev–Trinajstić information content (AvgIpc) is 3.19. The summed E-state index contributed by atoms with van der Waals surface area (Å²) in [6, 6.07) is 8.22. The first-order chi connectivity index (χ1) is 11.7. The van der Waals surface area contributed by atoms with E-state index < -0.39 is 0 Å². The smallest absolute Gasteiger partial charge is 0.225 e. The Labute approximate surface area is 139 Å². The Balaban J connectivity index is 1.61. The molecule has 1 N–H and O–H groups in total. The van der Waals surface area contributed by atoms with Gasteiger partial charge in [0.25, 0.3) is 0 Å². The highest BCUT2D eigenvalue weighted by Gasteiger charge is 2.08. The molecule has 1 aromatic carbocycles. The Hall–Kier alpha value is -3.22. The Morgan fingerprint density at radius 1 is 1.12 bits per heavy atom. The summed E-state index contributed by atoms with van der Waals surface area (Å²) in [5, 5.41) is 3.29. The van der Waals surface area contributed by atoms with Crippen molar-refractivity contribution in [2.75, 3.05) is 5.32 Å². The van der Waals surface area contributed by atoms with Crippen molar-refractivity contribution in [2.45, 2.75) is 13.5 Å². The molecule has 0 amide bonds. The third-order valence-corrected chi connectivity index (χ3v) is 3.97. The number of nitrogens with zero attached hydrogens (tertiary/aromatic N) is 6. The Morgan fingerprint density at radius 3 is 2.83 bits per heavy atom. The first kappa shape index (κ1) is 14.4. The van der Waals surface area contributed by atoms with E-state index in [1.807, 2.05) is 36.9 Å². The second-order valence-corrected chi connectivity index (χ2v) is 5.58. The zero-order valence-electron chi connectivity index (χ0n) is 13.5. The van der Waals surface area contributed by atoms with Crippen LogP contribution in [0.25, 0.3) is 16.9 Å². The van der Waals surface area contributed by atoms with Crippen LogP contribution in [-0.2, 0) is 13.6 Å². The third-order valence-electron chi connectivity index (χ3n) is 3.97. The quantitative estimate of drug-likeness (QED) is 0.625. The van der Waals surface area contributed by atoms with Crippen LogP contribution >= 0.6 is 0 Å². The third kappa shape index (κ3) is 2.50. The number of nitrogens with one attached hydrogen (secondary N) is 1. The van der Waals surface area contributed by atoms with Crippen molar-refractivity contribution < 1.29 is 0 Å². The van der Waals surface area contributed by atoms with Gasteiger partial charge in [-0.3, -0.25) is 0 Å². The molecule has 4 aromatic rings. The molecule has 0 atom stereocenters. The van der Waals surface area contributed by atoms with Gasteiger partial charge in [0.2, 0.25) is 5.95 Å². The Kier molecular flexibility index (Phi) is 3.45. The van der Waals surface area contributed by atoms with Crippen molar-refractivity contribution >= 4 is 17.1 Å². The molecule has 0 saturated heterocycles. The fraction of sp³-hybridized carbons (Fsp3) is 0.176. The summed E-state index contributed by atoms with van der Waals surface area (Å²) < 4.78 is 3.95. The van der Waals surface area contributed by atoms with Crippen molar-refractivity contribution in [3.05, 3.63) is 60.6 Å². The number of hydrogen-bond donors (Lipinski definition) is 1. The highest BCUT2D eigenvalue weighted by atomic mass is 15.2. The molecule has 0 aliphatic carbocycles. The van der Waals surface area contributed by atoms with Gasteiger partial charge < -0.3 is 14.5 Å². The summed E-state index contributed by atoms with van der Waals surface area (Å²) in [5.41, 5.74) is 3.85. The predicted octanol–water partition coefficient (Wildman–Crippen LogP) is 2.47. The molecular weight excluding hydrogens is 302 g/mol. The maximum atomic E-state index is 4.52. The molecule has 24 heavy (non-hydrogen) atoms. The van der Waals surface area contributed by atoms with Crippen molar-refractivity contribution in [3.8, 4) is 5.69 Å². The van der Waals surface area contributed by atoms with Gasteiger partial charge in [-0.25, -0.2) is 15.0 Å². The number of anilines is 1. The van der Waals surface area contributed by atoms with Crippen LogP contribution in [0, 0.1) is 6.92 Å². The van der Waals surface area contributed by atoms with Gasteiger partial charge in [-0.2, -0.15) is 4.98 Å². The van der Waals surface area contributed by atoms with Gasteiger partial charge in [0.1, 0.15) is 11.3 Å². The molecule has 3 aromatic heterocycles. The maximum absolute atomic E-state index is 4.52. The fourth-order valence-corrected chi connectivity index (χ4v) is 2.71. The molecule has 0 unspecified atom stereocenters. The molecule has 3 heterocycles. The number of aryl methyl sites for hydroxylation is 2. The predicted molar refractivity (Wildman–Crippen MR) is 91.9 cm³/mol. The minimum absolute atomic E-state index is 0.586. The molecule has 0 saturated carbocycles. The van der Waals surface area contributed by atoms with E-state index in [0.717, 1.165) is 28.2 Å². The van der Waals surface area contributed by atoms with Gasteiger partial charge in [-0.05, 0) is 18.6 Å². The second-order valence-electron chi connectivity index (χ2n) is 5.58. The van der Waals surface area contributed by atoms with Crippen LogP contribution in [0.5, 0.6) is 0 Å². The Morgan fingerprint density at radius 2 is 2.00 bits per heavy atom. The minimum Gasteiger partial charge on any atom is -0.350 e. The molecule has 0 radical (unpaired) electrons. The molecule has 120 valence electrons. The number of aromatic nitrogens is 6. The van der Waals surface area contributed by atoms with Crippen LogP contribution in [0.1, 0.15) is 11.4 Å². The highest BCUT2D eigenvalue weighted by Crippen LogP contribution is 2.17. The lowest BCUT2D eigenvalue weighted by Crippen LogP contribution is -2.08. The minimum atomic E-state index is 0.586. The molecule has 0 aliphatic rings. The van der Waals surface area contributed by atoms with Crippen molar-refractivity contribution in [2.24, 2.45) is 7.05 Å². The summed E-state index contributed by atoms with van der Waals surface area (Å²) in [5.74, 6) is 1.54. The molecule has 0 fully saturated rings. The van der Waals surface area contributed by atoms with Gasteiger partial charge in [0.15, 0.2) is 5.65 Å². The maximum Gasteiger partial charge on any atom is 0.225 e. The van der Waals surface area contributed by atoms with E-state index in [4.69, 9.17) is 0 Å². The number of benzene rings is 1. The lowest BCUT2D eigenvalue weighted by molar-refractivity contribution is 0.922. The number of para-hydroxylation sites is 1. The summed E-state index contributed by atoms with van der Waals surface area (Å²) in [7, 11) is 1.92. The number of fused-ring (bicyclic) bond motifs is 1. The molecule has 0 spiro atoms. The van der Waals surface area contributed by atoms with Gasteiger partial charge >= 0.3 is 0 Å². The van der Waals surface area contributed by atoms with Crippen LogP contribution in [0.3, 0.4) is 0 Å². The summed E-state index contributed by atoms with van der Waals surface area (Å²) in [4.78, 5) is 17.4. The zero-order valence-corrected chi connectivity index (χ0v) is 13.5. The van der Waals surface area contributed by atoms with E-state index in [0.29, 0.717) is 12.5 Å².